The average Bonchev–Trinajstić information content (AvgIpc) is 3.04. The summed E-state index contributed by atoms with van der Waals surface area (Å²) in [7, 11) is 3.41. The first-order chi connectivity index (χ1) is 13.9. The molecule has 0 saturated heterocycles. The molecule has 3 rings (SSSR count). The van der Waals surface area contributed by atoms with Gasteiger partial charge in [0, 0.05) is 41.6 Å². The smallest absolute Gasteiger partial charge is 0.256 e. The van der Waals surface area contributed by atoms with Crippen LogP contribution >= 0.6 is 11.8 Å². The molecule has 6 nitrogen and oxygen atoms in total. The molecule has 1 aromatic heterocycles. The molecule has 2 aromatic carbocycles. The maximum Gasteiger partial charge on any atom is 0.256 e. The number of anilines is 1. The molecule has 0 atom stereocenters. The third-order valence-electron chi connectivity index (χ3n) is 4.48. The van der Waals surface area contributed by atoms with E-state index in [1.807, 2.05) is 32.0 Å². The van der Waals surface area contributed by atoms with Crippen molar-refractivity contribution in [1.82, 2.24) is 10.1 Å². The second-order valence-corrected chi connectivity index (χ2v) is 7.84. The van der Waals surface area contributed by atoms with Gasteiger partial charge in [-0.1, -0.05) is 17.3 Å². The minimum atomic E-state index is -0.196. The zero-order valence-electron chi connectivity index (χ0n) is 16.9. The summed E-state index contributed by atoms with van der Waals surface area (Å²) in [5, 5.41) is 6.88. The first-order valence-corrected chi connectivity index (χ1v) is 10.1. The van der Waals surface area contributed by atoms with Crippen LogP contribution in [0.5, 0.6) is 0 Å². The Bertz CT molecular complexity index is 1010. The molecule has 0 saturated carbocycles. The first kappa shape index (κ1) is 20.7. The number of rotatable bonds is 6. The highest BCUT2D eigenvalue weighted by atomic mass is 32.2. The van der Waals surface area contributed by atoms with Gasteiger partial charge in [0.2, 0.25) is 0 Å². The number of nitrogens with zero attached hydrogens (tertiary/aromatic N) is 2. The van der Waals surface area contributed by atoms with E-state index in [-0.39, 0.29) is 11.8 Å². The molecule has 7 heteroatoms. The van der Waals surface area contributed by atoms with Crippen LogP contribution in [0.2, 0.25) is 0 Å². The molecule has 2 amide bonds. The molecule has 0 fully saturated rings. The quantitative estimate of drug-likeness (QED) is 0.605. The number of hydrogen-bond donors (Lipinski definition) is 1. The Kier molecular flexibility index (Phi) is 6.39. The predicted octanol–water partition coefficient (Wildman–Crippen LogP) is 4.54. The monoisotopic (exact) mass is 409 g/mol. The SMILES string of the molecule is Cc1noc(C)c1CSc1ccccc1C(=O)Nc1ccc(C(=O)N(C)C)cc1. The number of carbonyl (C=O) groups is 2. The van der Waals surface area contributed by atoms with Gasteiger partial charge in [-0.2, -0.15) is 0 Å². The lowest BCUT2D eigenvalue weighted by Gasteiger charge is -2.12. The van der Waals surface area contributed by atoms with Gasteiger partial charge in [-0.15, -0.1) is 11.8 Å². The Morgan fingerprint density at radius 1 is 1.07 bits per heavy atom. The van der Waals surface area contributed by atoms with Gasteiger partial charge < -0.3 is 14.7 Å². The molecule has 0 radical (unpaired) electrons. The van der Waals surface area contributed by atoms with Crippen molar-refractivity contribution in [1.29, 1.82) is 0 Å². The average molecular weight is 410 g/mol. The van der Waals surface area contributed by atoms with Crippen molar-refractivity contribution >= 4 is 29.3 Å². The number of amides is 2. The van der Waals surface area contributed by atoms with E-state index in [0.717, 1.165) is 21.9 Å². The Balaban J connectivity index is 1.72. The second kappa shape index (κ2) is 8.96. The summed E-state index contributed by atoms with van der Waals surface area (Å²) in [6, 6.07) is 14.3. The molecule has 0 aliphatic heterocycles. The van der Waals surface area contributed by atoms with Gasteiger partial charge >= 0.3 is 0 Å². The zero-order chi connectivity index (χ0) is 21.0. The summed E-state index contributed by atoms with van der Waals surface area (Å²) in [6.45, 7) is 3.80. The van der Waals surface area contributed by atoms with E-state index >= 15 is 0 Å². The molecule has 1 N–H and O–H groups in total. The third-order valence-corrected chi connectivity index (χ3v) is 5.58. The van der Waals surface area contributed by atoms with Crippen molar-refractivity contribution in [2.24, 2.45) is 0 Å². The van der Waals surface area contributed by atoms with Gasteiger partial charge in [0.05, 0.1) is 11.3 Å². The lowest BCUT2D eigenvalue weighted by atomic mass is 10.1. The topological polar surface area (TPSA) is 75.4 Å². The Labute approximate surface area is 174 Å². The van der Waals surface area contributed by atoms with E-state index in [4.69, 9.17) is 4.52 Å². The summed E-state index contributed by atoms with van der Waals surface area (Å²) < 4.78 is 5.21. The van der Waals surface area contributed by atoms with Crippen LogP contribution in [0.25, 0.3) is 0 Å². The van der Waals surface area contributed by atoms with E-state index in [0.29, 0.717) is 22.6 Å². The molecular weight excluding hydrogens is 386 g/mol. The molecule has 3 aromatic rings. The van der Waals surface area contributed by atoms with Gasteiger partial charge in [-0.05, 0) is 50.2 Å². The van der Waals surface area contributed by atoms with E-state index in [1.165, 1.54) is 4.90 Å². The van der Waals surface area contributed by atoms with E-state index in [9.17, 15) is 9.59 Å². The standard InChI is InChI=1S/C22H23N3O3S/c1-14-19(15(2)28-24-14)13-29-20-8-6-5-7-18(20)21(26)23-17-11-9-16(10-12-17)22(27)25(3)4/h5-12H,13H2,1-4H3,(H,23,26). The fourth-order valence-electron chi connectivity index (χ4n) is 2.79. The van der Waals surface area contributed by atoms with Crippen molar-refractivity contribution in [3.8, 4) is 0 Å². The van der Waals surface area contributed by atoms with Crippen molar-refractivity contribution in [3.63, 3.8) is 0 Å². The molecule has 0 unspecified atom stereocenters. The van der Waals surface area contributed by atoms with E-state index in [1.54, 1.807) is 56.2 Å². The minimum Gasteiger partial charge on any atom is -0.361 e. The number of nitrogens with one attached hydrogen (secondary N) is 1. The Morgan fingerprint density at radius 3 is 2.38 bits per heavy atom. The van der Waals surface area contributed by atoms with Gasteiger partial charge in [-0.25, -0.2) is 0 Å². The van der Waals surface area contributed by atoms with Crippen LogP contribution in [0, 0.1) is 13.8 Å². The zero-order valence-corrected chi connectivity index (χ0v) is 17.7. The van der Waals surface area contributed by atoms with Gasteiger partial charge in [0.25, 0.3) is 11.8 Å². The van der Waals surface area contributed by atoms with E-state index in [2.05, 4.69) is 10.5 Å². The molecule has 0 aliphatic carbocycles. The maximum atomic E-state index is 12.8. The maximum absolute atomic E-state index is 12.8. The Morgan fingerprint density at radius 2 is 1.76 bits per heavy atom. The summed E-state index contributed by atoms with van der Waals surface area (Å²) in [5.74, 6) is 1.19. The predicted molar refractivity (Wildman–Crippen MR) is 114 cm³/mol. The molecule has 150 valence electrons. The van der Waals surface area contributed by atoms with Gasteiger partial charge in [-0.3, -0.25) is 9.59 Å². The van der Waals surface area contributed by atoms with Gasteiger partial charge in [0.1, 0.15) is 5.76 Å². The highest BCUT2D eigenvalue weighted by molar-refractivity contribution is 7.98. The Hall–Kier alpha value is -3.06. The van der Waals surface area contributed by atoms with Crippen LogP contribution in [0.15, 0.2) is 57.9 Å². The fraction of sp³-hybridized carbons (Fsp3) is 0.227. The molecule has 0 spiro atoms. The van der Waals surface area contributed by atoms with Crippen LogP contribution in [-0.2, 0) is 5.75 Å². The first-order valence-electron chi connectivity index (χ1n) is 9.13. The minimum absolute atomic E-state index is 0.0797. The van der Waals surface area contributed by atoms with Crippen LogP contribution in [0.4, 0.5) is 5.69 Å². The van der Waals surface area contributed by atoms with E-state index < -0.39 is 0 Å². The van der Waals surface area contributed by atoms with Gasteiger partial charge in [0.15, 0.2) is 0 Å². The molecule has 29 heavy (non-hydrogen) atoms. The number of benzene rings is 2. The largest absolute Gasteiger partial charge is 0.361 e. The van der Waals surface area contributed by atoms with Crippen molar-refractivity contribution < 1.29 is 14.1 Å². The fourth-order valence-corrected chi connectivity index (χ4v) is 3.99. The summed E-state index contributed by atoms with van der Waals surface area (Å²) in [5.41, 5.74) is 3.72. The third kappa shape index (κ3) is 4.86. The number of hydrogen-bond acceptors (Lipinski definition) is 5. The second-order valence-electron chi connectivity index (χ2n) is 6.82. The van der Waals surface area contributed by atoms with Crippen molar-refractivity contribution in [2.45, 2.75) is 24.5 Å². The summed E-state index contributed by atoms with van der Waals surface area (Å²) in [6.07, 6.45) is 0. The van der Waals surface area contributed by atoms with Crippen LogP contribution < -0.4 is 5.32 Å². The normalized spacial score (nSPS) is 10.6. The lowest BCUT2D eigenvalue weighted by molar-refractivity contribution is 0.0827. The highest BCUT2D eigenvalue weighted by Crippen LogP contribution is 2.29. The van der Waals surface area contributed by atoms with Crippen LogP contribution in [-0.4, -0.2) is 36.0 Å². The summed E-state index contributed by atoms with van der Waals surface area (Å²) >= 11 is 1.57. The summed E-state index contributed by atoms with van der Waals surface area (Å²) in [4.78, 5) is 27.2. The lowest BCUT2D eigenvalue weighted by Crippen LogP contribution is -2.21. The van der Waals surface area contributed by atoms with Crippen LogP contribution in [0.1, 0.15) is 37.7 Å². The van der Waals surface area contributed by atoms with Crippen LogP contribution in [0.3, 0.4) is 0 Å². The molecule has 1 heterocycles. The van der Waals surface area contributed by atoms with Crippen molar-refractivity contribution in [2.75, 3.05) is 19.4 Å². The molecule has 0 bridgehead atoms. The number of thioether (sulfide) groups is 1. The number of aryl methyl sites for hydroxylation is 2. The highest BCUT2D eigenvalue weighted by Gasteiger charge is 2.15. The number of aromatic nitrogens is 1. The number of carbonyl (C=O) groups excluding carboxylic acids is 2. The molecular formula is C22H23N3O3S. The molecule has 0 aliphatic rings. The van der Waals surface area contributed by atoms with Crippen molar-refractivity contribution in [3.05, 3.63) is 76.7 Å².